The summed E-state index contributed by atoms with van der Waals surface area (Å²) in [5.41, 5.74) is 0. The van der Waals surface area contributed by atoms with Crippen LogP contribution in [0.4, 0.5) is 0 Å². The number of ether oxygens (including phenoxy) is 1. The Labute approximate surface area is 125 Å². The first-order valence-electron chi connectivity index (χ1n) is 8.01. The highest BCUT2D eigenvalue weighted by Gasteiger charge is 2.57. The average molecular weight is 293 g/mol. The van der Waals surface area contributed by atoms with Gasteiger partial charge in [-0.2, -0.15) is 0 Å². The van der Waals surface area contributed by atoms with Crippen molar-refractivity contribution in [1.82, 2.24) is 4.90 Å². The van der Waals surface area contributed by atoms with E-state index in [0.29, 0.717) is 13.0 Å². The highest BCUT2D eigenvalue weighted by atomic mass is 16.5. The van der Waals surface area contributed by atoms with Crippen molar-refractivity contribution in [2.75, 3.05) is 13.7 Å². The van der Waals surface area contributed by atoms with Gasteiger partial charge in [0.2, 0.25) is 5.91 Å². The molecular formula is C16H23NO4. The third kappa shape index (κ3) is 2.09. The summed E-state index contributed by atoms with van der Waals surface area (Å²) in [5.74, 6) is -0.772. The van der Waals surface area contributed by atoms with Crippen LogP contribution in [0.15, 0.2) is 0 Å². The SMILES string of the molecule is CC[C@H]1C(=O)C(C(=O)OC)[C@H]2CCN3C(=O)CCC[C@H]1[C@H]23. The van der Waals surface area contributed by atoms with Gasteiger partial charge in [-0.25, -0.2) is 0 Å². The molecule has 2 aliphatic heterocycles. The zero-order chi connectivity index (χ0) is 15.1. The van der Waals surface area contributed by atoms with Crippen LogP contribution in [0.2, 0.25) is 0 Å². The Hall–Kier alpha value is -1.39. The molecule has 1 saturated carbocycles. The maximum Gasteiger partial charge on any atom is 0.316 e. The minimum Gasteiger partial charge on any atom is -0.468 e. The molecule has 5 atom stereocenters. The Bertz CT molecular complexity index is 475. The standard InChI is InChI=1S/C16H23NO4/c1-3-9-10-5-4-6-12(18)17-8-7-11(14(10)17)13(15(9)19)16(20)21-2/h9-11,13-14H,3-8H2,1-2H3/t9-,10-,11-,13?,14-/m1/s1. The lowest BCUT2D eigenvalue weighted by Gasteiger charge is -2.43. The Kier molecular flexibility index (Phi) is 3.76. The quantitative estimate of drug-likeness (QED) is 0.570. The van der Waals surface area contributed by atoms with Crippen molar-refractivity contribution in [1.29, 1.82) is 0 Å². The zero-order valence-electron chi connectivity index (χ0n) is 12.7. The molecule has 1 aliphatic carbocycles. The number of ketones is 1. The van der Waals surface area contributed by atoms with Crippen LogP contribution in [0.5, 0.6) is 0 Å². The predicted molar refractivity (Wildman–Crippen MR) is 75.2 cm³/mol. The van der Waals surface area contributed by atoms with Gasteiger partial charge in [0.1, 0.15) is 5.92 Å². The molecule has 0 N–H and O–H groups in total. The fourth-order valence-corrected chi connectivity index (χ4v) is 4.86. The van der Waals surface area contributed by atoms with Gasteiger partial charge in [0.15, 0.2) is 5.78 Å². The molecule has 2 heterocycles. The van der Waals surface area contributed by atoms with Crippen molar-refractivity contribution < 1.29 is 19.1 Å². The molecule has 0 bridgehead atoms. The van der Waals surface area contributed by atoms with Crippen molar-refractivity contribution in [2.24, 2.45) is 23.7 Å². The van der Waals surface area contributed by atoms with Gasteiger partial charge >= 0.3 is 5.97 Å². The molecule has 0 aromatic rings. The van der Waals surface area contributed by atoms with E-state index in [-0.39, 0.29) is 35.5 Å². The Balaban J connectivity index is 2.01. The average Bonchev–Trinajstić information content (AvgIpc) is 2.83. The number of rotatable bonds is 2. The van der Waals surface area contributed by atoms with Gasteiger partial charge in [-0.3, -0.25) is 14.4 Å². The Morgan fingerprint density at radius 3 is 2.71 bits per heavy atom. The molecule has 3 fully saturated rings. The maximum atomic E-state index is 12.8. The van der Waals surface area contributed by atoms with Crippen molar-refractivity contribution in [3.63, 3.8) is 0 Å². The van der Waals surface area contributed by atoms with E-state index in [1.54, 1.807) is 0 Å². The van der Waals surface area contributed by atoms with Gasteiger partial charge in [-0.15, -0.1) is 0 Å². The van der Waals surface area contributed by atoms with Gasteiger partial charge < -0.3 is 9.64 Å². The molecule has 2 saturated heterocycles. The second-order valence-corrected chi connectivity index (χ2v) is 6.50. The molecule has 116 valence electrons. The fourth-order valence-electron chi connectivity index (χ4n) is 4.86. The molecule has 0 aromatic heterocycles. The summed E-state index contributed by atoms with van der Waals surface area (Å²) in [6, 6.07) is 0.0618. The molecule has 0 aromatic carbocycles. The van der Waals surface area contributed by atoms with E-state index in [2.05, 4.69) is 0 Å². The van der Waals surface area contributed by atoms with Gasteiger partial charge in [-0.05, 0) is 31.6 Å². The summed E-state index contributed by atoms with van der Waals surface area (Å²) in [7, 11) is 1.34. The number of hydrogen-bond donors (Lipinski definition) is 0. The highest BCUT2D eigenvalue weighted by molar-refractivity contribution is 6.01. The summed E-state index contributed by atoms with van der Waals surface area (Å²) in [4.78, 5) is 39.1. The van der Waals surface area contributed by atoms with Crippen molar-refractivity contribution in [3.05, 3.63) is 0 Å². The highest BCUT2D eigenvalue weighted by Crippen LogP contribution is 2.48. The summed E-state index contributed by atoms with van der Waals surface area (Å²) in [6.45, 7) is 2.69. The van der Waals surface area contributed by atoms with E-state index in [0.717, 1.165) is 25.7 Å². The van der Waals surface area contributed by atoms with Crippen molar-refractivity contribution >= 4 is 17.7 Å². The summed E-state index contributed by atoms with van der Waals surface area (Å²) < 4.78 is 4.88. The van der Waals surface area contributed by atoms with E-state index in [1.807, 2.05) is 11.8 Å². The minimum absolute atomic E-state index is 0.0419. The van der Waals surface area contributed by atoms with Crippen LogP contribution in [0.3, 0.4) is 0 Å². The van der Waals surface area contributed by atoms with Gasteiger partial charge in [0.05, 0.1) is 7.11 Å². The van der Waals surface area contributed by atoms with Gasteiger partial charge in [0, 0.05) is 30.8 Å². The molecule has 3 aliphatic rings. The molecule has 1 unspecified atom stereocenters. The van der Waals surface area contributed by atoms with E-state index in [1.165, 1.54) is 7.11 Å². The summed E-state index contributed by atoms with van der Waals surface area (Å²) in [5, 5.41) is 0. The monoisotopic (exact) mass is 293 g/mol. The summed E-state index contributed by atoms with van der Waals surface area (Å²) >= 11 is 0. The fraction of sp³-hybridized carbons (Fsp3) is 0.812. The van der Waals surface area contributed by atoms with Crippen LogP contribution in [0.25, 0.3) is 0 Å². The number of nitrogens with zero attached hydrogens (tertiary/aromatic N) is 1. The first-order chi connectivity index (χ1) is 10.1. The lowest BCUT2D eigenvalue weighted by molar-refractivity contribution is -0.159. The second kappa shape index (κ2) is 5.43. The number of hydrogen-bond acceptors (Lipinski definition) is 4. The van der Waals surface area contributed by atoms with E-state index in [9.17, 15) is 14.4 Å². The first kappa shape index (κ1) is 14.5. The van der Waals surface area contributed by atoms with Crippen LogP contribution in [-0.4, -0.2) is 42.3 Å². The molecule has 1 amide bonds. The molecule has 21 heavy (non-hydrogen) atoms. The lowest BCUT2D eigenvalue weighted by atomic mass is 9.63. The van der Waals surface area contributed by atoms with E-state index >= 15 is 0 Å². The van der Waals surface area contributed by atoms with Gasteiger partial charge in [-0.1, -0.05) is 6.92 Å². The number of methoxy groups -OCH3 is 1. The number of esters is 1. The smallest absolute Gasteiger partial charge is 0.316 e. The van der Waals surface area contributed by atoms with Gasteiger partial charge in [0.25, 0.3) is 0 Å². The lowest BCUT2D eigenvalue weighted by Crippen LogP contribution is -2.55. The van der Waals surface area contributed by atoms with Crippen molar-refractivity contribution in [2.45, 2.75) is 45.1 Å². The van der Waals surface area contributed by atoms with Crippen LogP contribution in [0.1, 0.15) is 39.0 Å². The van der Waals surface area contributed by atoms with E-state index in [4.69, 9.17) is 4.74 Å². The number of carbonyl (C=O) groups excluding carboxylic acids is 3. The van der Waals surface area contributed by atoms with Crippen LogP contribution >= 0.6 is 0 Å². The minimum atomic E-state index is -0.669. The topological polar surface area (TPSA) is 63.7 Å². The zero-order valence-corrected chi connectivity index (χ0v) is 12.7. The maximum absolute atomic E-state index is 12.8. The van der Waals surface area contributed by atoms with E-state index < -0.39 is 11.9 Å². The molecular weight excluding hydrogens is 270 g/mol. The Morgan fingerprint density at radius 1 is 1.29 bits per heavy atom. The number of amides is 1. The number of Topliss-reactive ketones (excluding diaryl/α,β-unsaturated/α-hetero) is 1. The molecule has 3 rings (SSSR count). The van der Waals surface area contributed by atoms with Crippen LogP contribution in [-0.2, 0) is 19.1 Å². The van der Waals surface area contributed by atoms with Crippen LogP contribution < -0.4 is 0 Å². The second-order valence-electron chi connectivity index (χ2n) is 6.50. The molecule has 5 nitrogen and oxygen atoms in total. The first-order valence-corrected chi connectivity index (χ1v) is 8.01. The summed E-state index contributed by atoms with van der Waals surface area (Å²) in [6.07, 6.45) is 3.84. The normalized spacial score (nSPS) is 39.0. The molecule has 5 heteroatoms. The molecule has 0 spiro atoms. The Morgan fingerprint density at radius 2 is 2.05 bits per heavy atom. The number of carbonyl (C=O) groups is 3. The largest absolute Gasteiger partial charge is 0.468 e. The van der Waals surface area contributed by atoms with Crippen LogP contribution in [0, 0.1) is 23.7 Å². The third-order valence-electron chi connectivity index (χ3n) is 5.70. The third-order valence-corrected chi connectivity index (χ3v) is 5.70. The molecule has 0 radical (unpaired) electrons. The van der Waals surface area contributed by atoms with Crippen molar-refractivity contribution in [3.8, 4) is 0 Å². The predicted octanol–water partition coefficient (Wildman–Crippen LogP) is 1.40.